The number of nitrogens with zero attached hydrogens (tertiary/aromatic N) is 2. The van der Waals surface area contributed by atoms with Crippen molar-refractivity contribution in [2.24, 2.45) is 28.6 Å². The van der Waals surface area contributed by atoms with Crippen LogP contribution in [0.25, 0.3) is 11.3 Å². The number of benzene rings is 2. The van der Waals surface area contributed by atoms with Gasteiger partial charge in [0.15, 0.2) is 0 Å². The van der Waals surface area contributed by atoms with Crippen LogP contribution >= 0.6 is 0 Å². The SMILES string of the molecule is COC(=O)C1CC2(C1)CC(C1c3cccc(c3)S(=O)(=O)Nc3nc(cc(-c4c(C)cccc4C)n3)OC[C@H]1CC(C)(C)C)C2. The van der Waals surface area contributed by atoms with E-state index in [1.807, 2.05) is 50.2 Å². The monoisotopic (exact) mass is 617 g/mol. The molecule has 2 aliphatic carbocycles. The van der Waals surface area contributed by atoms with Crippen molar-refractivity contribution in [3.8, 4) is 17.1 Å². The number of rotatable bonds is 4. The van der Waals surface area contributed by atoms with Crippen LogP contribution < -0.4 is 9.46 Å². The van der Waals surface area contributed by atoms with Gasteiger partial charge in [-0.25, -0.2) is 18.1 Å². The van der Waals surface area contributed by atoms with Gasteiger partial charge < -0.3 is 9.47 Å². The molecule has 0 saturated heterocycles. The molecule has 3 aromatic rings. The third-order valence-electron chi connectivity index (χ3n) is 9.84. The van der Waals surface area contributed by atoms with Crippen LogP contribution in [0.2, 0.25) is 0 Å². The van der Waals surface area contributed by atoms with Crippen molar-refractivity contribution in [3.05, 3.63) is 65.2 Å². The highest BCUT2D eigenvalue weighted by Gasteiger charge is 2.57. The van der Waals surface area contributed by atoms with Gasteiger partial charge in [0.1, 0.15) is 0 Å². The summed E-state index contributed by atoms with van der Waals surface area (Å²) in [7, 11) is -2.52. The summed E-state index contributed by atoms with van der Waals surface area (Å²) in [5.41, 5.74) is 4.82. The first-order valence-corrected chi connectivity index (χ1v) is 17.0. The zero-order valence-corrected chi connectivity index (χ0v) is 27.3. The number of aromatic nitrogens is 2. The van der Waals surface area contributed by atoms with Gasteiger partial charge >= 0.3 is 5.97 Å². The average Bonchev–Trinajstić information content (AvgIpc) is 2.90. The van der Waals surface area contributed by atoms with Crippen molar-refractivity contribution in [3.63, 3.8) is 0 Å². The molecule has 44 heavy (non-hydrogen) atoms. The van der Waals surface area contributed by atoms with Crippen molar-refractivity contribution in [2.75, 3.05) is 18.4 Å². The summed E-state index contributed by atoms with van der Waals surface area (Å²) in [5, 5.41) is 0. The zero-order valence-electron chi connectivity index (χ0n) is 26.5. The van der Waals surface area contributed by atoms with E-state index in [2.05, 4.69) is 41.5 Å². The maximum atomic E-state index is 13.8. The third kappa shape index (κ3) is 5.95. The predicted molar refractivity (Wildman–Crippen MR) is 170 cm³/mol. The Bertz CT molecular complexity index is 1660. The average molecular weight is 618 g/mol. The number of aryl methyl sites for hydroxylation is 2. The van der Waals surface area contributed by atoms with Crippen molar-refractivity contribution in [2.45, 2.75) is 77.5 Å². The van der Waals surface area contributed by atoms with E-state index in [0.29, 0.717) is 24.1 Å². The fourth-order valence-electron chi connectivity index (χ4n) is 8.12. The number of sulfonamides is 1. The number of fused-ring (bicyclic) bond motifs is 4. The molecule has 6 rings (SSSR count). The Labute approximate surface area is 261 Å². The summed E-state index contributed by atoms with van der Waals surface area (Å²) in [5.74, 6) is 0.766. The van der Waals surface area contributed by atoms with Crippen LogP contribution in [0.15, 0.2) is 53.4 Å². The molecule has 2 aromatic carbocycles. The molecule has 0 amide bonds. The van der Waals surface area contributed by atoms with E-state index < -0.39 is 10.0 Å². The van der Waals surface area contributed by atoms with Crippen LogP contribution in [0.3, 0.4) is 0 Å². The number of methoxy groups -OCH3 is 1. The lowest BCUT2D eigenvalue weighted by Gasteiger charge is -2.59. The summed E-state index contributed by atoms with van der Waals surface area (Å²) in [6, 6.07) is 15.2. The number of anilines is 1. The quantitative estimate of drug-likeness (QED) is 0.312. The number of ether oxygens (including phenoxy) is 2. The van der Waals surface area contributed by atoms with Gasteiger partial charge in [-0.05, 0) is 97.4 Å². The first kappa shape index (κ1) is 30.6. The Morgan fingerprint density at radius 2 is 1.70 bits per heavy atom. The number of carbonyl (C=O) groups excluding carboxylic acids is 1. The van der Waals surface area contributed by atoms with E-state index >= 15 is 0 Å². The molecule has 2 heterocycles. The molecule has 8 nitrogen and oxygen atoms in total. The molecule has 2 saturated carbocycles. The highest BCUT2D eigenvalue weighted by molar-refractivity contribution is 7.92. The fourth-order valence-corrected chi connectivity index (χ4v) is 9.11. The number of hydrogen-bond donors (Lipinski definition) is 1. The van der Waals surface area contributed by atoms with Gasteiger partial charge in [0.2, 0.25) is 11.8 Å². The van der Waals surface area contributed by atoms with Crippen molar-refractivity contribution in [1.82, 2.24) is 9.97 Å². The first-order valence-electron chi connectivity index (χ1n) is 15.5. The Kier molecular flexibility index (Phi) is 7.75. The molecular weight excluding hydrogens is 574 g/mol. The van der Waals surface area contributed by atoms with Crippen LogP contribution in [0.1, 0.15) is 75.5 Å². The van der Waals surface area contributed by atoms with E-state index in [1.165, 1.54) is 7.11 Å². The fraction of sp³-hybridized carbons (Fsp3) is 0.514. The Morgan fingerprint density at radius 3 is 2.36 bits per heavy atom. The Balaban J connectivity index is 1.41. The van der Waals surface area contributed by atoms with Crippen molar-refractivity contribution < 1.29 is 22.7 Å². The minimum absolute atomic E-state index is 0.0106. The largest absolute Gasteiger partial charge is 0.477 e. The van der Waals surface area contributed by atoms with Gasteiger partial charge in [0.25, 0.3) is 10.0 Å². The van der Waals surface area contributed by atoms with Crippen molar-refractivity contribution in [1.29, 1.82) is 0 Å². The molecule has 1 N–H and O–H groups in total. The lowest BCUT2D eigenvalue weighted by atomic mass is 9.45. The molecule has 2 atom stereocenters. The van der Waals surface area contributed by atoms with Gasteiger partial charge in [-0.1, -0.05) is 51.1 Å². The Hall–Kier alpha value is -3.46. The van der Waals surface area contributed by atoms with Gasteiger partial charge in [-0.3, -0.25) is 4.79 Å². The van der Waals surface area contributed by atoms with Crippen LogP contribution in [0, 0.1) is 42.4 Å². The molecule has 1 aromatic heterocycles. The summed E-state index contributed by atoms with van der Waals surface area (Å²) >= 11 is 0. The van der Waals surface area contributed by atoms with Crippen LogP contribution in [-0.2, 0) is 19.6 Å². The van der Waals surface area contributed by atoms with Gasteiger partial charge in [0.05, 0.1) is 30.2 Å². The van der Waals surface area contributed by atoms with E-state index in [1.54, 1.807) is 6.07 Å². The third-order valence-corrected chi connectivity index (χ3v) is 11.2. The molecular formula is C35H43N3O5S. The summed E-state index contributed by atoms with van der Waals surface area (Å²) in [4.78, 5) is 21.5. The molecule has 3 aliphatic rings. The summed E-state index contributed by atoms with van der Waals surface area (Å²) in [6.45, 7) is 11.2. The van der Waals surface area contributed by atoms with Gasteiger partial charge in [-0.15, -0.1) is 0 Å². The summed E-state index contributed by atoms with van der Waals surface area (Å²) < 4.78 is 41.6. The molecule has 1 aliphatic heterocycles. The number of hydrogen-bond acceptors (Lipinski definition) is 7. The lowest BCUT2D eigenvalue weighted by molar-refractivity contribution is -0.163. The highest BCUT2D eigenvalue weighted by Crippen LogP contribution is 2.65. The number of nitrogens with one attached hydrogen (secondary N) is 1. The normalized spacial score (nSPS) is 27.4. The maximum absolute atomic E-state index is 13.8. The minimum atomic E-state index is -3.97. The van der Waals surface area contributed by atoms with E-state index in [0.717, 1.165) is 54.4 Å². The lowest BCUT2D eigenvalue weighted by Crippen LogP contribution is -2.52. The van der Waals surface area contributed by atoms with Crippen LogP contribution in [0.4, 0.5) is 5.95 Å². The molecule has 4 bridgehead atoms. The van der Waals surface area contributed by atoms with E-state index in [-0.39, 0.29) is 45.4 Å². The molecule has 1 unspecified atom stereocenters. The topological polar surface area (TPSA) is 107 Å². The second-order valence-electron chi connectivity index (χ2n) is 14.5. The number of esters is 1. The van der Waals surface area contributed by atoms with Crippen LogP contribution in [-0.4, -0.2) is 38.1 Å². The van der Waals surface area contributed by atoms with Crippen LogP contribution in [0.5, 0.6) is 5.88 Å². The Morgan fingerprint density at radius 1 is 1.02 bits per heavy atom. The maximum Gasteiger partial charge on any atom is 0.308 e. The molecule has 1 spiro atoms. The smallest absolute Gasteiger partial charge is 0.308 e. The molecule has 234 valence electrons. The van der Waals surface area contributed by atoms with Crippen molar-refractivity contribution >= 4 is 21.9 Å². The highest BCUT2D eigenvalue weighted by atomic mass is 32.2. The summed E-state index contributed by atoms with van der Waals surface area (Å²) in [6.07, 6.45) is 4.65. The molecule has 0 radical (unpaired) electrons. The van der Waals surface area contributed by atoms with E-state index in [9.17, 15) is 13.2 Å². The standard InChI is InChI=1S/C35H43N3O5S/c1-21-9-7-10-22(2)30(21)28-14-29-37-33(36-28)38-44(40,41)27-12-8-11-23(13-27)31(26(20-43-29)15-34(3,4)5)24-16-35(17-24)18-25(19-35)32(39)42-6/h7-14,24-26,31H,15-20H2,1-6H3,(H,36,37,38)/t24?,25?,26-,31?,35?/m1/s1. The van der Waals surface area contributed by atoms with E-state index in [4.69, 9.17) is 9.47 Å². The molecule has 2 fully saturated rings. The van der Waals surface area contributed by atoms with Gasteiger partial charge in [0, 0.05) is 17.5 Å². The second kappa shape index (κ2) is 11.2. The molecule has 9 heteroatoms. The number of carbonyl (C=O) groups is 1. The predicted octanol–water partition coefficient (Wildman–Crippen LogP) is 7.07. The minimum Gasteiger partial charge on any atom is -0.477 e. The first-order chi connectivity index (χ1) is 20.8. The zero-order chi connectivity index (χ0) is 31.4. The van der Waals surface area contributed by atoms with Gasteiger partial charge in [-0.2, -0.15) is 4.98 Å². The second-order valence-corrected chi connectivity index (χ2v) is 16.2.